The van der Waals surface area contributed by atoms with Crippen LogP contribution in [0.3, 0.4) is 0 Å². The SMILES string of the molecule is CCC(Cl)Cc1cc(OC)c(F)cc1[N+](=O)[O-]. The van der Waals surface area contributed by atoms with Gasteiger partial charge in [0.05, 0.1) is 18.1 Å². The van der Waals surface area contributed by atoms with Crippen LogP contribution in [0.25, 0.3) is 0 Å². The van der Waals surface area contributed by atoms with Gasteiger partial charge in [-0.2, -0.15) is 0 Å². The van der Waals surface area contributed by atoms with Gasteiger partial charge >= 0.3 is 0 Å². The van der Waals surface area contributed by atoms with E-state index in [1.54, 1.807) is 0 Å². The van der Waals surface area contributed by atoms with Crippen LogP contribution in [-0.4, -0.2) is 17.4 Å². The van der Waals surface area contributed by atoms with Crippen molar-refractivity contribution in [3.8, 4) is 5.75 Å². The Kier molecular flexibility index (Phi) is 4.69. The quantitative estimate of drug-likeness (QED) is 0.464. The molecule has 0 fully saturated rings. The maximum Gasteiger partial charge on any atom is 0.275 e. The van der Waals surface area contributed by atoms with Crippen LogP contribution >= 0.6 is 11.6 Å². The third-order valence-electron chi connectivity index (χ3n) is 2.43. The van der Waals surface area contributed by atoms with Crippen LogP contribution in [0.2, 0.25) is 0 Å². The van der Waals surface area contributed by atoms with Gasteiger partial charge in [-0.3, -0.25) is 10.1 Å². The number of nitro groups is 1. The summed E-state index contributed by atoms with van der Waals surface area (Å²) >= 11 is 5.95. The summed E-state index contributed by atoms with van der Waals surface area (Å²) in [6, 6.07) is 2.20. The van der Waals surface area contributed by atoms with Crippen LogP contribution in [0.15, 0.2) is 12.1 Å². The van der Waals surface area contributed by atoms with Crippen LogP contribution in [-0.2, 0) is 6.42 Å². The molecule has 1 rings (SSSR count). The maximum absolute atomic E-state index is 13.3. The summed E-state index contributed by atoms with van der Waals surface area (Å²) in [5.41, 5.74) is 0.123. The molecule has 0 aromatic heterocycles. The van der Waals surface area contributed by atoms with Crippen molar-refractivity contribution in [2.24, 2.45) is 0 Å². The molecule has 1 atom stereocenters. The normalized spacial score (nSPS) is 12.2. The van der Waals surface area contributed by atoms with Crippen LogP contribution in [0.4, 0.5) is 10.1 Å². The van der Waals surface area contributed by atoms with Crippen molar-refractivity contribution in [3.63, 3.8) is 0 Å². The van der Waals surface area contributed by atoms with Gasteiger partial charge < -0.3 is 4.74 Å². The van der Waals surface area contributed by atoms with Crippen molar-refractivity contribution in [2.45, 2.75) is 25.1 Å². The summed E-state index contributed by atoms with van der Waals surface area (Å²) in [5, 5.41) is 10.6. The van der Waals surface area contributed by atoms with Crippen LogP contribution < -0.4 is 4.74 Å². The van der Waals surface area contributed by atoms with E-state index in [0.29, 0.717) is 18.4 Å². The maximum atomic E-state index is 13.3. The van der Waals surface area contributed by atoms with E-state index in [-0.39, 0.29) is 16.8 Å². The lowest BCUT2D eigenvalue weighted by molar-refractivity contribution is -0.385. The number of nitro benzene ring substituents is 1. The highest BCUT2D eigenvalue weighted by Gasteiger charge is 2.20. The Morgan fingerprint density at radius 1 is 1.59 bits per heavy atom. The molecule has 94 valence electrons. The molecule has 0 aliphatic carbocycles. The molecule has 0 aliphatic rings. The Balaban J connectivity index is 3.19. The van der Waals surface area contributed by atoms with Gasteiger partial charge in [0.25, 0.3) is 5.69 Å². The van der Waals surface area contributed by atoms with Crippen LogP contribution in [0.1, 0.15) is 18.9 Å². The van der Waals surface area contributed by atoms with Gasteiger partial charge in [-0.15, -0.1) is 11.6 Å². The highest BCUT2D eigenvalue weighted by molar-refractivity contribution is 6.20. The second-order valence-electron chi connectivity index (χ2n) is 3.58. The first-order chi connectivity index (χ1) is 7.99. The number of hydrogen-bond acceptors (Lipinski definition) is 3. The van der Waals surface area contributed by atoms with Gasteiger partial charge in [0.1, 0.15) is 0 Å². The Hall–Kier alpha value is -1.36. The number of alkyl halides is 1. The Labute approximate surface area is 103 Å². The van der Waals surface area contributed by atoms with Gasteiger partial charge in [-0.05, 0) is 18.9 Å². The molecule has 0 N–H and O–H groups in total. The van der Waals surface area contributed by atoms with E-state index in [9.17, 15) is 14.5 Å². The zero-order valence-electron chi connectivity index (χ0n) is 9.57. The number of halogens is 2. The van der Waals surface area contributed by atoms with Crippen molar-refractivity contribution in [1.29, 1.82) is 0 Å². The Bertz CT molecular complexity index is 425. The summed E-state index contributed by atoms with van der Waals surface area (Å²) < 4.78 is 18.1. The minimum absolute atomic E-state index is 0.00873. The molecule has 17 heavy (non-hydrogen) atoms. The summed E-state index contributed by atoms with van der Waals surface area (Å²) in [6.45, 7) is 1.88. The number of methoxy groups -OCH3 is 1. The zero-order chi connectivity index (χ0) is 13.0. The molecule has 0 saturated heterocycles. The molecule has 1 aromatic carbocycles. The van der Waals surface area contributed by atoms with E-state index < -0.39 is 10.7 Å². The zero-order valence-corrected chi connectivity index (χ0v) is 10.3. The fraction of sp³-hybridized carbons (Fsp3) is 0.455. The Morgan fingerprint density at radius 3 is 2.71 bits per heavy atom. The molecule has 1 aromatic rings. The van der Waals surface area contributed by atoms with E-state index in [1.807, 2.05) is 6.92 Å². The molecule has 4 nitrogen and oxygen atoms in total. The molecule has 0 radical (unpaired) electrons. The molecule has 0 spiro atoms. The van der Waals surface area contributed by atoms with E-state index in [4.69, 9.17) is 16.3 Å². The minimum Gasteiger partial charge on any atom is -0.494 e. The molecular weight excluding hydrogens is 249 g/mol. The molecular formula is C11H13ClFNO3. The van der Waals surface area contributed by atoms with Gasteiger partial charge in [0, 0.05) is 10.9 Å². The average Bonchev–Trinajstić information content (AvgIpc) is 2.30. The predicted octanol–water partition coefficient (Wildman–Crippen LogP) is 3.30. The fourth-order valence-electron chi connectivity index (χ4n) is 1.46. The molecule has 0 heterocycles. The lowest BCUT2D eigenvalue weighted by atomic mass is 10.1. The number of hydrogen-bond donors (Lipinski definition) is 0. The summed E-state index contributed by atoms with van der Waals surface area (Å²) in [5.74, 6) is -0.754. The smallest absolute Gasteiger partial charge is 0.275 e. The summed E-state index contributed by atoms with van der Waals surface area (Å²) in [4.78, 5) is 10.2. The highest BCUT2D eigenvalue weighted by atomic mass is 35.5. The van der Waals surface area contributed by atoms with E-state index >= 15 is 0 Å². The lowest BCUT2D eigenvalue weighted by Crippen LogP contribution is -2.06. The lowest BCUT2D eigenvalue weighted by Gasteiger charge is -2.09. The van der Waals surface area contributed by atoms with Crippen LogP contribution in [0, 0.1) is 15.9 Å². The first-order valence-electron chi connectivity index (χ1n) is 5.14. The first-order valence-corrected chi connectivity index (χ1v) is 5.58. The minimum atomic E-state index is -0.745. The first kappa shape index (κ1) is 13.7. The van der Waals surface area contributed by atoms with Crippen molar-refractivity contribution in [1.82, 2.24) is 0 Å². The molecule has 0 amide bonds. The standard InChI is InChI=1S/C11H13ClFNO3/c1-3-8(12)4-7-5-11(17-2)9(13)6-10(7)14(15)16/h5-6,8H,3-4H2,1-2H3. The van der Waals surface area contributed by atoms with Gasteiger partial charge in [0.2, 0.25) is 0 Å². The monoisotopic (exact) mass is 261 g/mol. The second kappa shape index (κ2) is 5.82. The number of nitrogens with zero attached hydrogens (tertiary/aromatic N) is 1. The number of rotatable bonds is 5. The van der Waals surface area contributed by atoms with Gasteiger partial charge in [-0.1, -0.05) is 6.92 Å². The molecule has 0 saturated carbocycles. The van der Waals surface area contributed by atoms with Crippen molar-refractivity contribution in [3.05, 3.63) is 33.6 Å². The predicted molar refractivity (Wildman–Crippen MR) is 63.2 cm³/mol. The van der Waals surface area contributed by atoms with Gasteiger partial charge in [0.15, 0.2) is 11.6 Å². The Morgan fingerprint density at radius 2 is 2.24 bits per heavy atom. The largest absolute Gasteiger partial charge is 0.494 e. The average molecular weight is 262 g/mol. The van der Waals surface area contributed by atoms with Crippen LogP contribution in [0.5, 0.6) is 5.75 Å². The number of ether oxygens (including phenoxy) is 1. The second-order valence-corrected chi connectivity index (χ2v) is 4.20. The van der Waals surface area contributed by atoms with E-state index in [0.717, 1.165) is 6.07 Å². The van der Waals surface area contributed by atoms with E-state index in [2.05, 4.69) is 0 Å². The van der Waals surface area contributed by atoms with Gasteiger partial charge in [-0.25, -0.2) is 4.39 Å². The molecule has 6 heteroatoms. The summed E-state index contributed by atoms with van der Waals surface area (Å²) in [7, 11) is 1.31. The fourth-order valence-corrected chi connectivity index (χ4v) is 1.62. The number of benzene rings is 1. The van der Waals surface area contributed by atoms with Crippen molar-refractivity contribution in [2.75, 3.05) is 7.11 Å². The molecule has 1 unspecified atom stereocenters. The molecule has 0 bridgehead atoms. The molecule has 0 aliphatic heterocycles. The highest BCUT2D eigenvalue weighted by Crippen LogP contribution is 2.29. The van der Waals surface area contributed by atoms with Crippen molar-refractivity contribution < 1.29 is 14.1 Å². The van der Waals surface area contributed by atoms with Crippen molar-refractivity contribution >= 4 is 17.3 Å². The van der Waals surface area contributed by atoms with E-state index in [1.165, 1.54) is 13.2 Å². The third-order valence-corrected chi connectivity index (χ3v) is 2.90. The third kappa shape index (κ3) is 3.30. The summed E-state index contributed by atoms with van der Waals surface area (Å²) in [6.07, 6.45) is 0.989. The topological polar surface area (TPSA) is 52.4 Å².